The predicted octanol–water partition coefficient (Wildman–Crippen LogP) is 3.55. The largest absolute Gasteiger partial charge is 0.368 e. The van der Waals surface area contributed by atoms with Gasteiger partial charge in [0.05, 0.1) is 28.2 Å². The Labute approximate surface area is 161 Å². The summed E-state index contributed by atoms with van der Waals surface area (Å²) in [6, 6.07) is 13.0. The van der Waals surface area contributed by atoms with Crippen molar-refractivity contribution in [3.8, 4) is 0 Å². The summed E-state index contributed by atoms with van der Waals surface area (Å²) in [5.41, 5.74) is 1.57. The van der Waals surface area contributed by atoms with Crippen molar-refractivity contribution < 1.29 is 0 Å². The molecule has 0 unspecified atom stereocenters. The second-order valence-electron chi connectivity index (χ2n) is 6.39. The van der Waals surface area contributed by atoms with Crippen molar-refractivity contribution in [2.45, 2.75) is 6.54 Å². The van der Waals surface area contributed by atoms with Gasteiger partial charge in [-0.2, -0.15) is 0 Å². The van der Waals surface area contributed by atoms with Gasteiger partial charge in [-0.1, -0.05) is 35.3 Å². The monoisotopic (exact) mass is 388 g/mol. The first-order valence-electron chi connectivity index (χ1n) is 8.50. The van der Waals surface area contributed by atoms with Crippen LogP contribution >= 0.6 is 23.2 Å². The van der Waals surface area contributed by atoms with Crippen LogP contribution in [0.25, 0.3) is 10.9 Å². The number of benzene rings is 2. The Kier molecular flexibility index (Phi) is 4.85. The van der Waals surface area contributed by atoms with Gasteiger partial charge in [-0.3, -0.25) is 9.69 Å². The highest BCUT2D eigenvalue weighted by Crippen LogP contribution is 2.26. The van der Waals surface area contributed by atoms with Crippen molar-refractivity contribution in [2.24, 2.45) is 0 Å². The molecule has 1 N–H and O–H groups in total. The molecule has 0 spiro atoms. The van der Waals surface area contributed by atoms with Crippen LogP contribution in [-0.2, 0) is 6.54 Å². The molecular formula is C19H18Cl2N4O. The molecule has 0 radical (unpaired) electrons. The molecule has 26 heavy (non-hydrogen) atoms. The first kappa shape index (κ1) is 17.3. The normalized spacial score (nSPS) is 15.5. The van der Waals surface area contributed by atoms with Crippen molar-refractivity contribution in [3.63, 3.8) is 0 Å². The van der Waals surface area contributed by atoms with Crippen LogP contribution in [0.15, 0.2) is 47.3 Å². The van der Waals surface area contributed by atoms with Gasteiger partial charge >= 0.3 is 0 Å². The average Bonchev–Trinajstić information content (AvgIpc) is 2.62. The third kappa shape index (κ3) is 3.56. The predicted molar refractivity (Wildman–Crippen MR) is 106 cm³/mol. The van der Waals surface area contributed by atoms with Gasteiger partial charge in [-0.15, -0.1) is 0 Å². The van der Waals surface area contributed by atoms with E-state index in [0.717, 1.165) is 36.9 Å². The fraction of sp³-hybridized carbons (Fsp3) is 0.263. The summed E-state index contributed by atoms with van der Waals surface area (Å²) in [4.78, 5) is 24.3. The Morgan fingerprint density at radius 2 is 1.81 bits per heavy atom. The summed E-state index contributed by atoms with van der Waals surface area (Å²) in [6.45, 7) is 4.12. The molecule has 4 rings (SSSR count). The van der Waals surface area contributed by atoms with Crippen LogP contribution in [0.5, 0.6) is 0 Å². The van der Waals surface area contributed by atoms with Gasteiger partial charge in [-0.25, -0.2) is 4.98 Å². The Bertz CT molecular complexity index is 996. The van der Waals surface area contributed by atoms with Crippen LogP contribution < -0.4 is 10.5 Å². The quantitative estimate of drug-likeness (QED) is 0.745. The average molecular weight is 389 g/mol. The Morgan fingerprint density at radius 1 is 1.04 bits per heavy atom. The highest BCUT2D eigenvalue weighted by molar-refractivity contribution is 6.33. The Balaban J connectivity index is 1.47. The van der Waals surface area contributed by atoms with Crippen molar-refractivity contribution in [3.05, 3.63) is 68.7 Å². The third-order valence-electron chi connectivity index (χ3n) is 4.66. The summed E-state index contributed by atoms with van der Waals surface area (Å²) < 4.78 is 0. The zero-order chi connectivity index (χ0) is 18.1. The molecule has 2 heterocycles. The summed E-state index contributed by atoms with van der Waals surface area (Å²) in [5.74, 6) is 0.663. The molecule has 2 aromatic carbocycles. The number of H-pyrrole nitrogens is 1. The number of rotatable bonds is 3. The maximum atomic E-state index is 12.2. The minimum atomic E-state index is -0.128. The van der Waals surface area contributed by atoms with Crippen LogP contribution in [0.2, 0.25) is 10.0 Å². The number of hydrogen-bond acceptors (Lipinski definition) is 4. The Hall–Kier alpha value is -2.08. The number of anilines is 1. The van der Waals surface area contributed by atoms with E-state index in [1.165, 1.54) is 0 Å². The van der Waals surface area contributed by atoms with Gasteiger partial charge in [0.1, 0.15) is 5.82 Å². The van der Waals surface area contributed by atoms with Crippen LogP contribution in [-0.4, -0.2) is 41.0 Å². The molecule has 1 aliphatic rings. The molecule has 0 saturated carbocycles. The van der Waals surface area contributed by atoms with Gasteiger partial charge in [0.25, 0.3) is 5.56 Å². The summed E-state index contributed by atoms with van der Waals surface area (Å²) in [5, 5.41) is 1.91. The van der Waals surface area contributed by atoms with Gasteiger partial charge in [0.2, 0.25) is 0 Å². The lowest BCUT2D eigenvalue weighted by atomic mass is 10.2. The third-order valence-corrected chi connectivity index (χ3v) is 5.21. The molecule has 1 aliphatic heterocycles. The fourth-order valence-corrected chi connectivity index (χ4v) is 3.72. The molecule has 0 bridgehead atoms. The second kappa shape index (κ2) is 7.27. The number of halogens is 2. The lowest BCUT2D eigenvalue weighted by Gasteiger charge is -2.36. The lowest BCUT2D eigenvalue weighted by molar-refractivity contribution is 0.244. The van der Waals surface area contributed by atoms with Crippen LogP contribution in [0.1, 0.15) is 5.82 Å². The highest BCUT2D eigenvalue weighted by Gasteiger charge is 2.19. The van der Waals surface area contributed by atoms with Gasteiger partial charge < -0.3 is 9.88 Å². The van der Waals surface area contributed by atoms with Gasteiger partial charge in [0, 0.05) is 31.2 Å². The molecule has 1 saturated heterocycles. The van der Waals surface area contributed by atoms with E-state index in [-0.39, 0.29) is 5.56 Å². The maximum absolute atomic E-state index is 12.2. The second-order valence-corrected chi connectivity index (χ2v) is 7.23. The lowest BCUT2D eigenvalue weighted by Crippen LogP contribution is -2.46. The number of para-hydroxylation sites is 1. The number of nitrogens with zero attached hydrogens (tertiary/aromatic N) is 3. The zero-order valence-electron chi connectivity index (χ0n) is 14.1. The smallest absolute Gasteiger partial charge is 0.258 e. The minimum Gasteiger partial charge on any atom is -0.368 e. The molecule has 1 fully saturated rings. The molecule has 5 nitrogen and oxygen atoms in total. The van der Waals surface area contributed by atoms with Crippen molar-refractivity contribution in [1.29, 1.82) is 0 Å². The van der Waals surface area contributed by atoms with E-state index in [0.29, 0.717) is 28.3 Å². The maximum Gasteiger partial charge on any atom is 0.258 e. The standard InChI is InChI=1S/C19H18Cl2N4O/c20-13-5-6-14-16(11-13)22-18(23-19(14)26)12-24-7-9-25(10-8-24)17-4-2-1-3-15(17)21/h1-6,11H,7-10,12H2,(H,22,23,26). The van der Waals surface area contributed by atoms with E-state index in [9.17, 15) is 4.79 Å². The number of aromatic amines is 1. The van der Waals surface area contributed by atoms with E-state index in [2.05, 4.69) is 19.8 Å². The summed E-state index contributed by atoms with van der Waals surface area (Å²) >= 11 is 12.3. The minimum absolute atomic E-state index is 0.128. The molecular weight excluding hydrogens is 371 g/mol. The molecule has 0 amide bonds. The van der Waals surface area contributed by atoms with Crippen molar-refractivity contribution in [1.82, 2.24) is 14.9 Å². The number of hydrogen-bond donors (Lipinski definition) is 1. The molecule has 7 heteroatoms. The van der Waals surface area contributed by atoms with E-state index in [1.807, 2.05) is 24.3 Å². The summed E-state index contributed by atoms with van der Waals surface area (Å²) in [7, 11) is 0. The van der Waals surface area contributed by atoms with Gasteiger partial charge in [-0.05, 0) is 30.3 Å². The first-order chi connectivity index (χ1) is 12.6. The van der Waals surface area contributed by atoms with E-state index in [4.69, 9.17) is 23.2 Å². The number of fused-ring (bicyclic) bond motifs is 1. The van der Waals surface area contributed by atoms with Crippen LogP contribution in [0, 0.1) is 0 Å². The molecule has 134 valence electrons. The number of aromatic nitrogens is 2. The van der Waals surface area contributed by atoms with Crippen LogP contribution in [0.4, 0.5) is 5.69 Å². The topological polar surface area (TPSA) is 52.2 Å². The van der Waals surface area contributed by atoms with Crippen LogP contribution in [0.3, 0.4) is 0 Å². The first-order valence-corrected chi connectivity index (χ1v) is 9.26. The Morgan fingerprint density at radius 3 is 2.58 bits per heavy atom. The SMILES string of the molecule is O=c1[nH]c(CN2CCN(c3ccccc3Cl)CC2)nc2cc(Cl)ccc12. The fourth-order valence-electron chi connectivity index (χ4n) is 3.30. The van der Waals surface area contributed by atoms with Crippen molar-refractivity contribution >= 4 is 39.8 Å². The van der Waals surface area contributed by atoms with Gasteiger partial charge in [0.15, 0.2) is 0 Å². The molecule has 0 aliphatic carbocycles. The van der Waals surface area contributed by atoms with E-state index < -0.39 is 0 Å². The molecule has 0 atom stereocenters. The van der Waals surface area contributed by atoms with E-state index in [1.54, 1.807) is 18.2 Å². The highest BCUT2D eigenvalue weighted by atomic mass is 35.5. The number of piperazine rings is 1. The summed E-state index contributed by atoms with van der Waals surface area (Å²) in [6.07, 6.45) is 0. The van der Waals surface area contributed by atoms with Crippen molar-refractivity contribution in [2.75, 3.05) is 31.1 Å². The molecule has 1 aromatic heterocycles. The molecule has 3 aromatic rings. The zero-order valence-corrected chi connectivity index (χ0v) is 15.6. The van der Waals surface area contributed by atoms with E-state index >= 15 is 0 Å². The number of nitrogens with one attached hydrogen (secondary N) is 1.